The lowest BCUT2D eigenvalue weighted by atomic mass is 10.0. The molecule has 1 aromatic rings. The summed E-state index contributed by atoms with van der Waals surface area (Å²) in [6.45, 7) is 9.52. The molecule has 0 heterocycles. The van der Waals surface area contributed by atoms with Crippen LogP contribution in [0.3, 0.4) is 0 Å². The monoisotopic (exact) mass is 261 g/mol. The average Bonchev–Trinajstić information content (AvgIpc) is 2.36. The van der Waals surface area contributed by atoms with Crippen LogP contribution < -0.4 is 5.32 Å². The van der Waals surface area contributed by atoms with E-state index in [0.29, 0.717) is 18.3 Å². The van der Waals surface area contributed by atoms with Gasteiger partial charge in [0.2, 0.25) is 5.91 Å². The Morgan fingerprint density at radius 3 is 2.26 bits per heavy atom. The van der Waals surface area contributed by atoms with E-state index in [9.17, 15) is 4.79 Å². The van der Waals surface area contributed by atoms with E-state index in [4.69, 9.17) is 0 Å². The van der Waals surface area contributed by atoms with Crippen molar-refractivity contribution in [2.45, 2.75) is 52.9 Å². The van der Waals surface area contributed by atoms with Gasteiger partial charge in [-0.25, -0.2) is 0 Å². The number of amides is 1. The quantitative estimate of drug-likeness (QED) is 0.792. The normalized spacial score (nSPS) is 11.1. The van der Waals surface area contributed by atoms with Gasteiger partial charge < -0.3 is 5.32 Å². The minimum atomic E-state index is 0.161. The van der Waals surface area contributed by atoms with E-state index in [0.717, 1.165) is 19.4 Å². The number of hydrogen-bond donors (Lipinski definition) is 1. The number of nitrogens with one attached hydrogen (secondary N) is 1. The number of hydrogen-bond acceptors (Lipinski definition) is 1. The lowest BCUT2D eigenvalue weighted by Crippen LogP contribution is -2.25. The van der Waals surface area contributed by atoms with Gasteiger partial charge in [-0.15, -0.1) is 0 Å². The number of rotatable bonds is 7. The Labute approximate surface area is 117 Å². The fourth-order valence-electron chi connectivity index (χ4n) is 1.92. The zero-order chi connectivity index (χ0) is 14.3. The van der Waals surface area contributed by atoms with Gasteiger partial charge in [0.25, 0.3) is 0 Å². The van der Waals surface area contributed by atoms with E-state index in [1.807, 2.05) is 0 Å². The van der Waals surface area contributed by atoms with Crippen LogP contribution in [0.1, 0.15) is 57.6 Å². The molecule has 106 valence electrons. The fraction of sp³-hybridized carbons (Fsp3) is 0.588. The molecule has 19 heavy (non-hydrogen) atoms. The molecule has 2 nitrogen and oxygen atoms in total. The summed E-state index contributed by atoms with van der Waals surface area (Å²) in [6, 6.07) is 8.60. The molecule has 0 radical (unpaired) electrons. The summed E-state index contributed by atoms with van der Waals surface area (Å²) >= 11 is 0. The minimum absolute atomic E-state index is 0.161. The lowest BCUT2D eigenvalue weighted by Gasteiger charge is -2.08. The van der Waals surface area contributed by atoms with Gasteiger partial charge in [0.15, 0.2) is 0 Å². The van der Waals surface area contributed by atoms with Gasteiger partial charge in [0.05, 0.1) is 0 Å². The van der Waals surface area contributed by atoms with Crippen molar-refractivity contribution in [1.29, 1.82) is 0 Å². The second-order valence-corrected chi connectivity index (χ2v) is 5.93. The van der Waals surface area contributed by atoms with E-state index < -0.39 is 0 Å². The second kappa shape index (κ2) is 7.98. The van der Waals surface area contributed by atoms with Crippen molar-refractivity contribution in [3.8, 4) is 0 Å². The van der Waals surface area contributed by atoms with Crippen LogP contribution >= 0.6 is 0 Å². The molecule has 1 amide bonds. The van der Waals surface area contributed by atoms with Crippen molar-refractivity contribution in [3.63, 3.8) is 0 Å². The van der Waals surface area contributed by atoms with Gasteiger partial charge in [-0.1, -0.05) is 52.0 Å². The Hall–Kier alpha value is -1.31. The zero-order valence-corrected chi connectivity index (χ0v) is 12.7. The molecule has 0 aliphatic carbocycles. The Morgan fingerprint density at radius 2 is 1.74 bits per heavy atom. The van der Waals surface area contributed by atoms with Gasteiger partial charge in [0, 0.05) is 13.0 Å². The highest BCUT2D eigenvalue weighted by Crippen LogP contribution is 2.15. The second-order valence-electron chi connectivity index (χ2n) is 5.93. The fourth-order valence-corrected chi connectivity index (χ4v) is 1.92. The summed E-state index contributed by atoms with van der Waals surface area (Å²) in [4.78, 5) is 11.7. The molecule has 1 aromatic carbocycles. The van der Waals surface area contributed by atoms with Crippen LogP contribution in [0.25, 0.3) is 0 Å². The van der Waals surface area contributed by atoms with Crippen molar-refractivity contribution in [1.82, 2.24) is 5.32 Å². The van der Waals surface area contributed by atoms with Crippen molar-refractivity contribution >= 4 is 5.91 Å². The molecule has 1 N–H and O–H groups in total. The molecule has 0 aliphatic rings. The number of carbonyl (C=O) groups is 1. The molecule has 0 bridgehead atoms. The Kier molecular flexibility index (Phi) is 6.61. The summed E-state index contributed by atoms with van der Waals surface area (Å²) in [6.07, 6.45) is 2.46. The van der Waals surface area contributed by atoms with Gasteiger partial charge in [-0.05, 0) is 35.8 Å². The van der Waals surface area contributed by atoms with Gasteiger partial charge in [-0.2, -0.15) is 0 Å². The van der Waals surface area contributed by atoms with E-state index in [2.05, 4.69) is 57.3 Å². The summed E-state index contributed by atoms with van der Waals surface area (Å²) in [5, 5.41) is 2.97. The highest BCUT2D eigenvalue weighted by atomic mass is 16.1. The number of aryl methyl sites for hydroxylation is 1. The molecule has 2 heteroatoms. The third kappa shape index (κ3) is 6.42. The average molecular weight is 261 g/mol. The Bertz CT molecular complexity index is 379. The van der Waals surface area contributed by atoms with Crippen molar-refractivity contribution in [2.75, 3.05) is 6.54 Å². The summed E-state index contributed by atoms with van der Waals surface area (Å²) in [5.74, 6) is 1.37. The third-order valence-corrected chi connectivity index (χ3v) is 3.33. The van der Waals surface area contributed by atoms with Crippen LogP contribution in [0.2, 0.25) is 0 Å². The molecule has 0 unspecified atom stereocenters. The number of benzene rings is 1. The lowest BCUT2D eigenvalue weighted by molar-refractivity contribution is -0.121. The molecule has 0 spiro atoms. The first-order chi connectivity index (χ1) is 8.99. The largest absolute Gasteiger partial charge is 0.356 e. The van der Waals surface area contributed by atoms with Crippen molar-refractivity contribution in [3.05, 3.63) is 35.4 Å². The van der Waals surface area contributed by atoms with Crippen LogP contribution in [0.4, 0.5) is 0 Å². The predicted octanol–water partition coefficient (Wildman–Crippen LogP) is 3.90. The molecular formula is C17H27NO. The highest BCUT2D eigenvalue weighted by molar-refractivity contribution is 5.76. The van der Waals surface area contributed by atoms with E-state index >= 15 is 0 Å². The molecule has 0 aromatic heterocycles. The van der Waals surface area contributed by atoms with Crippen LogP contribution in [-0.4, -0.2) is 12.5 Å². The SMILES string of the molecule is CC(C)CCNC(=O)CCc1ccc(C(C)C)cc1. The Morgan fingerprint density at radius 1 is 1.11 bits per heavy atom. The standard InChI is InChI=1S/C17H27NO/c1-13(2)11-12-18-17(19)10-7-15-5-8-16(9-6-15)14(3)4/h5-6,8-9,13-14H,7,10-12H2,1-4H3,(H,18,19). The van der Waals surface area contributed by atoms with Crippen LogP contribution in [-0.2, 0) is 11.2 Å². The summed E-state index contributed by atoms with van der Waals surface area (Å²) in [7, 11) is 0. The molecule has 1 rings (SSSR count). The third-order valence-electron chi connectivity index (χ3n) is 3.33. The predicted molar refractivity (Wildman–Crippen MR) is 81.3 cm³/mol. The maximum absolute atomic E-state index is 11.7. The minimum Gasteiger partial charge on any atom is -0.356 e. The Balaban J connectivity index is 2.30. The summed E-state index contributed by atoms with van der Waals surface area (Å²) in [5.41, 5.74) is 2.59. The van der Waals surface area contributed by atoms with E-state index in [-0.39, 0.29) is 5.91 Å². The molecule has 0 fully saturated rings. The van der Waals surface area contributed by atoms with Gasteiger partial charge >= 0.3 is 0 Å². The van der Waals surface area contributed by atoms with Crippen LogP contribution in [0.15, 0.2) is 24.3 Å². The summed E-state index contributed by atoms with van der Waals surface area (Å²) < 4.78 is 0. The van der Waals surface area contributed by atoms with Gasteiger partial charge in [-0.3, -0.25) is 4.79 Å². The van der Waals surface area contributed by atoms with E-state index in [1.54, 1.807) is 0 Å². The molecule has 0 saturated carbocycles. The highest BCUT2D eigenvalue weighted by Gasteiger charge is 2.03. The maximum Gasteiger partial charge on any atom is 0.220 e. The maximum atomic E-state index is 11.7. The first-order valence-electron chi connectivity index (χ1n) is 7.34. The van der Waals surface area contributed by atoms with Crippen molar-refractivity contribution < 1.29 is 4.79 Å². The molecule has 0 aliphatic heterocycles. The van der Waals surface area contributed by atoms with Crippen LogP contribution in [0.5, 0.6) is 0 Å². The topological polar surface area (TPSA) is 29.1 Å². The molecular weight excluding hydrogens is 234 g/mol. The van der Waals surface area contributed by atoms with Gasteiger partial charge in [0.1, 0.15) is 0 Å². The first-order valence-corrected chi connectivity index (χ1v) is 7.34. The molecule has 0 atom stereocenters. The first kappa shape index (κ1) is 15.7. The number of carbonyl (C=O) groups excluding carboxylic acids is 1. The van der Waals surface area contributed by atoms with Crippen LogP contribution in [0, 0.1) is 5.92 Å². The molecule has 0 saturated heterocycles. The zero-order valence-electron chi connectivity index (χ0n) is 12.7. The smallest absolute Gasteiger partial charge is 0.220 e. The van der Waals surface area contributed by atoms with Crippen molar-refractivity contribution in [2.24, 2.45) is 5.92 Å². The van der Waals surface area contributed by atoms with E-state index in [1.165, 1.54) is 11.1 Å².